The van der Waals surface area contributed by atoms with Crippen LogP contribution in [0.25, 0.3) is 11.3 Å². The van der Waals surface area contributed by atoms with Gasteiger partial charge in [-0.05, 0) is 60.2 Å². The van der Waals surface area contributed by atoms with Gasteiger partial charge in [-0.25, -0.2) is 0 Å². The molecule has 7 heteroatoms. The maximum absolute atomic E-state index is 6.42. The number of rotatable bonds is 5. The van der Waals surface area contributed by atoms with Gasteiger partial charge in [-0.15, -0.1) is 0 Å². The van der Waals surface area contributed by atoms with Crippen LogP contribution in [0.4, 0.5) is 0 Å². The Labute approximate surface area is 201 Å². The van der Waals surface area contributed by atoms with Crippen LogP contribution in [0, 0.1) is 0 Å². The highest BCUT2D eigenvalue weighted by Gasteiger charge is 2.41. The molecule has 32 heavy (non-hydrogen) atoms. The lowest BCUT2D eigenvalue weighted by Crippen LogP contribution is -2.29. The molecule has 0 unspecified atom stereocenters. The molecule has 4 aromatic rings. The zero-order valence-corrected chi connectivity index (χ0v) is 19.2. The third kappa shape index (κ3) is 4.11. The fourth-order valence-corrected chi connectivity index (χ4v) is 4.82. The van der Waals surface area contributed by atoms with Crippen molar-refractivity contribution in [2.24, 2.45) is 0 Å². The summed E-state index contributed by atoms with van der Waals surface area (Å²) in [4.78, 5) is 6.72. The smallest absolute Gasteiger partial charge is 0.170 e. The van der Waals surface area contributed by atoms with E-state index in [2.05, 4.69) is 27.3 Å². The van der Waals surface area contributed by atoms with Gasteiger partial charge in [-0.3, -0.25) is 4.98 Å². The topological polar surface area (TPSA) is 41.3 Å². The third-order valence-electron chi connectivity index (χ3n) is 5.51. The van der Waals surface area contributed by atoms with Crippen molar-refractivity contribution in [2.75, 3.05) is 0 Å². The first-order chi connectivity index (χ1) is 15.6. The number of nitrogens with zero attached hydrogens (tertiary/aromatic N) is 2. The molecule has 0 saturated carbocycles. The maximum Gasteiger partial charge on any atom is 0.170 e. The summed E-state index contributed by atoms with van der Waals surface area (Å²) in [5.74, 6) is 1.46. The molecule has 0 aliphatic carbocycles. The first-order valence-electron chi connectivity index (χ1n) is 10.2. The molecule has 2 aromatic carbocycles. The van der Waals surface area contributed by atoms with Crippen LogP contribution < -0.4 is 5.32 Å². The summed E-state index contributed by atoms with van der Waals surface area (Å²) in [5.41, 5.74) is 2.86. The number of pyridine rings is 1. The van der Waals surface area contributed by atoms with Crippen LogP contribution >= 0.6 is 35.4 Å². The second kappa shape index (κ2) is 8.94. The molecule has 1 aliphatic rings. The van der Waals surface area contributed by atoms with Gasteiger partial charge in [0.25, 0.3) is 0 Å². The molecule has 3 heterocycles. The summed E-state index contributed by atoms with van der Waals surface area (Å²) in [6.07, 6.45) is 1.79. The van der Waals surface area contributed by atoms with Crippen LogP contribution in [0.1, 0.15) is 29.1 Å². The first kappa shape index (κ1) is 21.0. The van der Waals surface area contributed by atoms with Crippen molar-refractivity contribution in [1.82, 2.24) is 15.2 Å². The van der Waals surface area contributed by atoms with Gasteiger partial charge in [-0.2, -0.15) is 0 Å². The highest BCUT2D eigenvalue weighted by atomic mass is 35.5. The Morgan fingerprint density at radius 1 is 0.969 bits per heavy atom. The molecule has 0 radical (unpaired) electrons. The number of benzene rings is 2. The minimum absolute atomic E-state index is 0.146. The number of halogens is 2. The van der Waals surface area contributed by atoms with Crippen LogP contribution in [0.15, 0.2) is 89.5 Å². The van der Waals surface area contributed by atoms with E-state index in [0.717, 1.165) is 22.6 Å². The van der Waals surface area contributed by atoms with E-state index in [1.165, 1.54) is 0 Å². The van der Waals surface area contributed by atoms with Crippen molar-refractivity contribution in [3.8, 4) is 11.3 Å². The Hall–Kier alpha value is -2.86. The predicted octanol–water partition coefficient (Wildman–Crippen LogP) is 6.82. The van der Waals surface area contributed by atoms with Crippen LogP contribution in [0.5, 0.6) is 0 Å². The van der Waals surface area contributed by atoms with E-state index in [1.54, 1.807) is 18.3 Å². The second-order valence-electron chi connectivity index (χ2n) is 7.57. The van der Waals surface area contributed by atoms with Gasteiger partial charge in [0, 0.05) is 23.3 Å². The molecule has 1 aliphatic heterocycles. The zero-order chi connectivity index (χ0) is 22.1. The summed E-state index contributed by atoms with van der Waals surface area (Å²) in [6, 6.07) is 25.1. The number of nitrogens with one attached hydrogen (secondary N) is 1. The highest BCUT2D eigenvalue weighted by Crippen LogP contribution is 2.42. The Morgan fingerprint density at radius 3 is 2.53 bits per heavy atom. The fraction of sp³-hybridized carbons (Fsp3) is 0.120. The van der Waals surface area contributed by atoms with E-state index < -0.39 is 0 Å². The summed E-state index contributed by atoms with van der Waals surface area (Å²) in [5, 5.41) is 5.24. The molecule has 0 spiro atoms. The standard InChI is InChI=1S/C25H19Cl2N3OS/c26-17-9-10-18(19(27)14-17)21-11-12-22(31-21)24-23(20-8-4-5-13-28-20)29-25(32)30(24)15-16-6-2-1-3-7-16/h1-14,23-24H,15H2,(H,29,32)/t23-,24+/m1/s1. The Balaban J connectivity index is 1.55. The van der Waals surface area contributed by atoms with Crippen LogP contribution in [0.3, 0.4) is 0 Å². The lowest BCUT2D eigenvalue weighted by Gasteiger charge is -2.26. The Bertz CT molecular complexity index is 1250. The van der Waals surface area contributed by atoms with E-state index in [0.29, 0.717) is 27.5 Å². The average molecular weight is 480 g/mol. The zero-order valence-electron chi connectivity index (χ0n) is 16.9. The summed E-state index contributed by atoms with van der Waals surface area (Å²) in [7, 11) is 0. The lowest BCUT2D eigenvalue weighted by atomic mass is 10.0. The van der Waals surface area contributed by atoms with E-state index in [-0.39, 0.29) is 12.1 Å². The quantitative estimate of drug-likeness (QED) is 0.318. The molecule has 1 saturated heterocycles. The monoisotopic (exact) mass is 479 g/mol. The molecular weight excluding hydrogens is 461 g/mol. The normalized spacial score (nSPS) is 18.1. The molecular formula is C25H19Cl2N3OS. The van der Waals surface area contributed by atoms with Gasteiger partial charge < -0.3 is 14.6 Å². The average Bonchev–Trinajstić information content (AvgIpc) is 3.40. The van der Waals surface area contributed by atoms with Crippen LogP contribution in [-0.4, -0.2) is 15.0 Å². The van der Waals surface area contributed by atoms with E-state index in [9.17, 15) is 0 Å². The lowest BCUT2D eigenvalue weighted by molar-refractivity contribution is 0.269. The number of hydrogen-bond acceptors (Lipinski definition) is 3. The maximum atomic E-state index is 6.42. The van der Waals surface area contributed by atoms with Crippen molar-refractivity contribution in [1.29, 1.82) is 0 Å². The molecule has 4 nitrogen and oxygen atoms in total. The van der Waals surface area contributed by atoms with Crippen molar-refractivity contribution >= 4 is 40.5 Å². The molecule has 0 bridgehead atoms. The molecule has 2 aromatic heterocycles. The Morgan fingerprint density at radius 2 is 1.78 bits per heavy atom. The number of furan rings is 1. The minimum atomic E-state index is -0.169. The van der Waals surface area contributed by atoms with Gasteiger partial charge in [0.05, 0.1) is 16.8 Å². The third-order valence-corrected chi connectivity index (χ3v) is 6.41. The summed E-state index contributed by atoms with van der Waals surface area (Å²) >= 11 is 18.2. The number of aromatic nitrogens is 1. The highest BCUT2D eigenvalue weighted by molar-refractivity contribution is 7.80. The molecule has 1 fully saturated rings. The SMILES string of the molecule is S=C1N[C@H](c2ccccn2)[C@H](c2ccc(-c3ccc(Cl)cc3Cl)o2)N1Cc1ccccc1. The van der Waals surface area contributed by atoms with Crippen LogP contribution in [-0.2, 0) is 6.54 Å². The number of hydrogen-bond donors (Lipinski definition) is 1. The minimum Gasteiger partial charge on any atom is -0.459 e. The predicted molar refractivity (Wildman–Crippen MR) is 132 cm³/mol. The second-order valence-corrected chi connectivity index (χ2v) is 8.80. The molecule has 1 N–H and O–H groups in total. The van der Waals surface area contributed by atoms with Gasteiger partial charge in [0.2, 0.25) is 0 Å². The van der Waals surface area contributed by atoms with Crippen LogP contribution in [0.2, 0.25) is 10.0 Å². The fourth-order valence-electron chi connectivity index (χ4n) is 4.01. The van der Waals surface area contributed by atoms with E-state index >= 15 is 0 Å². The van der Waals surface area contributed by atoms with Gasteiger partial charge in [-0.1, -0.05) is 59.6 Å². The van der Waals surface area contributed by atoms with Gasteiger partial charge in [0.1, 0.15) is 17.6 Å². The molecule has 0 amide bonds. The molecule has 5 rings (SSSR count). The van der Waals surface area contributed by atoms with E-state index in [1.807, 2.05) is 54.6 Å². The van der Waals surface area contributed by atoms with Crippen molar-refractivity contribution < 1.29 is 4.42 Å². The first-order valence-corrected chi connectivity index (χ1v) is 11.3. The molecule has 2 atom stereocenters. The summed E-state index contributed by atoms with van der Waals surface area (Å²) < 4.78 is 6.35. The van der Waals surface area contributed by atoms with Crippen molar-refractivity contribution in [3.05, 3.63) is 112 Å². The van der Waals surface area contributed by atoms with Gasteiger partial charge in [0.15, 0.2) is 5.11 Å². The Kier molecular flexibility index (Phi) is 5.87. The van der Waals surface area contributed by atoms with E-state index in [4.69, 9.17) is 39.8 Å². The van der Waals surface area contributed by atoms with Gasteiger partial charge >= 0.3 is 0 Å². The summed E-state index contributed by atoms with van der Waals surface area (Å²) in [6.45, 7) is 0.651. The van der Waals surface area contributed by atoms with Crippen molar-refractivity contribution in [2.45, 2.75) is 18.6 Å². The number of thiocarbonyl (C=S) groups is 1. The van der Waals surface area contributed by atoms with Crippen molar-refractivity contribution in [3.63, 3.8) is 0 Å². The molecule has 160 valence electrons. The largest absolute Gasteiger partial charge is 0.459 e.